The lowest BCUT2D eigenvalue weighted by Gasteiger charge is -2.28. The number of fused-ring (bicyclic) bond motifs is 2. The molecule has 0 aromatic heterocycles. The Morgan fingerprint density at radius 2 is 2.16 bits per heavy atom. The average Bonchev–Trinajstić information content (AvgIpc) is 2.81. The fourth-order valence-electron chi connectivity index (χ4n) is 2.58. The predicted molar refractivity (Wildman–Crippen MR) is 67.5 cm³/mol. The van der Waals surface area contributed by atoms with E-state index in [0.29, 0.717) is 6.54 Å². The molecule has 0 amide bonds. The molecule has 1 aromatic rings. The molecule has 2 aliphatic rings. The Labute approximate surface area is 111 Å². The van der Waals surface area contributed by atoms with Crippen LogP contribution < -0.4 is 5.32 Å². The number of hydrogen-bond donors (Lipinski definition) is 1. The number of carbonyl (C=O) groups is 1. The molecule has 2 heterocycles. The van der Waals surface area contributed by atoms with Crippen molar-refractivity contribution in [1.29, 1.82) is 0 Å². The highest BCUT2D eigenvalue weighted by atomic mass is 16.7. The van der Waals surface area contributed by atoms with Crippen LogP contribution in [0.25, 0.3) is 0 Å². The van der Waals surface area contributed by atoms with Gasteiger partial charge in [-0.2, -0.15) is 0 Å². The molecule has 0 unspecified atom stereocenters. The molecular formula is C14H17NO4. The SMILES string of the molecule is COC(=O)[C@@H]1O[C@@H]2O[C@H]1CN[C@H]2Cc1ccccc1. The van der Waals surface area contributed by atoms with Crippen molar-refractivity contribution < 1.29 is 19.0 Å². The standard InChI is InChI=1S/C14H17NO4/c1-17-13(16)12-11-8-15-10(14(18-11)19-12)7-9-5-3-2-4-6-9/h2-6,10-12,14-15H,7-8H2,1H3/t10-,11-,12+,14-/m0/s1. The van der Waals surface area contributed by atoms with Gasteiger partial charge in [0.2, 0.25) is 0 Å². The molecule has 4 atom stereocenters. The molecule has 102 valence electrons. The predicted octanol–water partition coefficient (Wildman–Crippen LogP) is 0.484. The van der Waals surface area contributed by atoms with Crippen LogP contribution in [0.5, 0.6) is 0 Å². The van der Waals surface area contributed by atoms with Gasteiger partial charge >= 0.3 is 5.97 Å². The molecule has 3 rings (SSSR count). The number of rotatable bonds is 3. The van der Waals surface area contributed by atoms with Gasteiger partial charge in [0.25, 0.3) is 0 Å². The summed E-state index contributed by atoms with van der Waals surface area (Å²) in [6.07, 6.45) is -0.428. The molecule has 2 bridgehead atoms. The van der Waals surface area contributed by atoms with E-state index in [2.05, 4.69) is 17.4 Å². The van der Waals surface area contributed by atoms with Gasteiger partial charge in [-0.1, -0.05) is 30.3 Å². The number of hydrogen-bond acceptors (Lipinski definition) is 5. The van der Waals surface area contributed by atoms with Gasteiger partial charge in [0, 0.05) is 6.54 Å². The molecule has 5 nitrogen and oxygen atoms in total. The van der Waals surface area contributed by atoms with Gasteiger partial charge in [-0.25, -0.2) is 4.79 Å². The smallest absolute Gasteiger partial charge is 0.337 e. The van der Waals surface area contributed by atoms with Crippen LogP contribution in [0, 0.1) is 0 Å². The van der Waals surface area contributed by atoms with Gasteiger partial charge < -0.3 is 19.5 Å². The zero-order chi connectivity index (χ0) is 13.2. The molecule has 0 aliphatic carbocycles. The monoisotopic (exact) mass is 263 g/mol. The maximum atomic E-state index is 11.6. The minimum Gasteiger partial charge on any atom is -0.467 e. The second kappa shape index (κ2) is 5.28. The summed E-state index contributed by atoms with van der Waals surface area (Å²) < 4.78 is 16.1. The summed E-state index contributed by atoms with van der Waals surface area (Å²) in [6, 6.07) is 10.2. The van der Waals surface area contributed by atoms with E-state index in [1.54, 1.807) is 0 Å². The quantitative estimate of drug-likeness (QED) is 0.804. The lowest BCUT2D eigenvalue weighted by atomic mass is 10.0. The van der Waals surface area contributed by atoms with Gasteiger partial charge in [0.15, 0.2) is 12.4 Å². The fraction of sp³-hybridized carbons (Fsp3) is 0.500. The van der Waals surface area contributed by atoms with Crippen LogP contribution in [-0.2, 0) is 25.4 Å². The summed E-state index contributed by atoms with van der Waals surface area (Å²) in [6.45, 7) is 0.605. The van der Waals surface area contributed by atoms with Crippen molar-refractivity contribution >= 4 is 5.97 Å². The number of nitrogens with one attached hydrogen (secondary N) is 1. The zero-order valence-corrected chi connectivity index (χ0v) is 10.7. The number of methoxy groups -OCH3 is 1. The van der Waals surface area contributed by atoms with Crippen LogP contribution in [0.3, 0.4) is 0 Å². The van der Waals surface area contributed by atoms with Crippen LogP contribution in [0.1, 0.15) is 5.56 Å². The highest BCUT2D eigenvalue weighted by molar-refractivity contribution is 5.75. The molecule has 2 fully saturated rings. The van der Waals surface area contributed by atoms with Crippen molar-refractivity contribution in [2.24, 2.45) is 0 Å². The summed E-state index contributed by atoms with van der Waals surface area (Å²) in [5.41, 5.74) is 1.21. The highest BCUT2D eigenvalue weighted by Gasteiger charge is 2.47. The highest BCUT2D eigenvalue weighted by Crippen LogP contribution is 2.27. The van der Waals surface area contributed by atoms with Crippen molar-refractivity contribution in [2.75, 3.05) is 13.7 Å². The summed E-state index contributed by atoms with van der Waals surface area (Å²) in [5.74, 6) is -0.366. The molecule has 2 saturated heterocycles. The van der Waals surface area contributed by atoms with Crippen molar-refractivity contribution in [3.05, 3.63) is 35.9 Å². The first kappa shape index (κ1) is 12.6. The maximum Gasteiger partial charge on any atom is 0.337 e. The maximum absolute atomic E-state index is 11.6. The second-order valence-corrected chi connectivity index (χ2v) is 4.83. The first-order valence-electron chi connectivity index (χ1n) is 6.44. The van der Waals surface area contributed by atoms with Crippen molar-refractivity contribution in [2.45, 2.75) is 31.0 Å². The fourth-order valence-corrected chi connectivity index (χ4v) is 2.58. The Hall–Kier alpha value is -1.43. The molecule has 1 N–H and O–H groups in total. The van der Waals surface area contributed by atoms with E-state index in [1.165, 1.54) is 12.7 Å². The minimum absolute atomic E-state index is 0.0632. The van der Waals surface area contributed by atoms with E-state index in [9.17, 15) is 4.79 Å². The van der Waals surface area contributed by atoms with Crippen molar-refractivity contribution in [1.82, 2.24) is 5.32 Å². The lowest BCUT2D eigenvalue weighted by Crippen LogP contribution is -2.50. The molecule has 2 aliphatic heterocycles. The molecule has 5 heteroatoms. The van der Waals surface area contributed by atoms with Gasteiger partial charge in [-0.3, -0.25) is 0 Å². The Bertz CT molecular complexity index is 450. The third kappa shape index (κ3) is 2.49. The third-order valence-corrected chi connectivity index (χ3v) is 3.57. The van der Waals surface area contributed by atoms with Gasteiger partial charge in [0.05, 0.1) is 13.2 Å². The normalized spacial score (nSPS) is 33.1. The Balaban J connectivity index is 1.66. The lowest BCUT2D eigenvalue weighted by molar-refractivity contribution is -0.155. The molecule has 1 aromatic carbocycles. The Morgan fingerprint density at radius 3 is 2.89 bits per heavy atom. The van der Waals surface area contributed by atoms with Crippen molar-refractivity contribution in [3.63, 3.8) is 0 Å². The van der Waals surface area contributed by atoms with Gasteiger partial charge in [-0.15, -0.1) is 0 Å². The number of morpholine rings is 1. The number of esters is 1. The first-order valence-corrected chi connectivity index (χ1v) is 6.44. The van der Waals surface area contributed by atoms with Crippen LogP contribution >= 0.6 is 0 Å². The second-order valence-electron chi connectivity index (χ2n) is 4.83. The van der Waals surface area contributed by atoms with E-state index < -0.39 is 6.10 Å². The summed E-state index contributed by atoms with van der Waals surface area (Å²) in [7, 11) is 1.36. The van der Waals surface area contributed by atoms with Crippen LogP contribution in [0.15, 0.2) is 30.3 Å². The van der Waals surface area contributed by atoms with E-state index >= 15 is 0 Å². The Kier molecular flexibility index (Phi) is 3.50. The topological polar surface area (TPSA) is 56.8 Å². The average molecular weight is 263 g/mol. The summed E-state index contributed by atoms with van der Waals surface area (Å²) >= 11 is 0. The zero-order valence-electron chi connectivity index (χ0n) is 10.7. The number of ether oxygens (including phenoxy) is 3. The van der Waals surface area contributed by atoms with E-state index in [1.807, 2.05) is 18.2 Å². The molecule has 19 heavy (non-hydrogen) atoms. The van der Waals surface area contributed by atoms with Gasteiger partial charge in [-0.05, 0) is 12.0 Å². The summed E-state index contributed by atoms with van der Waals surface area (Å²) in [5, 5.41) is 3.38. The van der Waals surface area contributed by atoms with Crippen LogP contribution in [0.4, 0.5) is 0 Å². The molecular weight excluding hydrogens is 246 g/mol. The van der Waals surface area contributed by atoms with E-state index in [-0.39, 0.29) is 24.4 Å². The third-order valence-electron chi connectivity index (χ3n) is 3.57. The Morgan fingerprint density at radius 1 is 1.37 bits per heavy atom. The van der Waals surface area contributed by atoms with E-state index in [0.717, 1.165) is 6.42 Å². The van der Waals surface area contributed by atoms with Gasteiger partial charge in [0.1, 0.15) is 6.10 Å². The molecule has 0 spiro atoms. The minimum atomic E-state index is -0.608. The number of carbonyl (C=O) groups excluding carboxylic acids is 1. The summed E-state index contributed by atoms with van der Waals surface area (Å²) in [4.78, 5) is 11.6. The van der Waals surface area contributed by atoms with Crippen LogP contribution in [-0.4, -0.2) is 44.2 Å². The first-order chi connectivity index (χ1) is 9.28. The number of benzene rings is 1. The molecule has 0 radical (unpaired) electrons. The van der Waals surface area contributed by atoms with Crippen LogP contribution in [0.2, 0.25) is 0 Å². The van der Waals surface area contributed by atoms with Crippen molar-refractivity contribution in [3.8, 4) is 0 Å². The van der Waals surface area contributed by atoms with E-state index in [4.69, 9.17) is 14.2 Å². The molecule has 0 saturated carbocycles. The largest absolute Gasteiger partial charge is 0.467 e.